The molecule has 1 fully saturated rings. The first kappa shape index (κ1) is 18.3. The molecular weight excluding hydrogens is 392 g/mol. The van der Waals surface area contributed by atoms with Gasteiger partial charge in [-0.15, -0.1) is 0 Å². The van der Waals surface area contributed by atoms with Crippen LogP contribution >= 0.6 is 0 Å². The zero-order valence-electron chi connectivity index (χ0n) is 17.8. The van der Waals surface area contributed by atoms with Crippen LogP contribution in [0.25, 0.3) is 27.9 Å². The van der Waals surface area contributed by atoms with Crippen molar-refractivity contribution in [1.29, 1.82) is 0 Å². The second-order valence-corrected chi connectivity index (χ2v) is 8.45. The van der Waals surface area contributed by atoms with E-state index in [1.54, 1.807) is 19.2 Å². The number of imidazole rings is 1. The van der Waals surface area contributed by atoms with Crippen LogP contribution in [0.5, 0.6) is 5.88 Å². The second kappa shape index (κ2) is 6.51. The molecular formula is C24H24N4O3. The van der Waals surface area contributed by atoms with Gasteiger partial charge in [0.05, 0.1) is 48.4 Å². The first-order valence-electron chi connectivity index (χ1n) is 10.6. The molecule has 1 saturated carbocycles. The van der Waals surface area contributed by atoms with E-state index in [0.29, 0.717) is 29.1 Å². The third-order valence-electron chi connectivity index (χ3n) is 6.65. The fourth-order valence-electron chi connectivity index (χ4n) is 5.02. The average molecular weight is 416 g/mol. The summed E-state index contributed by atoms with van der Waals surface area (Å²) in [6.07, 6.45) is 2.54. The lowest BCUT2D eigenvalue weighted by Crippen LogP contribution is -2.26. The predicted molar refractivity (Wildman–Crippen MR) is 119 cm³/mol. The van der Waals surface area contributed by atoms with Crippen LogP contribution in [-0.2, 0) is 4.74 Å². The third-order valence-corrected chi connectivity index (χ3v) is 6.65. The van der Waals surface area contributed by atoms with Crippen molar-refractivity contribution in [1.82, 2.24) is 14.0 Å². The Kier molecular flexibility index (Phi) is 3.84. The SMILES string of the molecule is COC(=O)c1cc(OC)n2c(C)c(-c3cc4cccc5c4n3C(C3CC3)CN5)nc2c1. The first-order chi connectivity index (χ1) is 15.1. The Morgan fingerprint density at radius 3 is 2.77 bits per heavy atom. The molecule has 0 saturated heterocycles. The highest BCUT2D eigenvalue weighted by Crippen LogP contribution is 2.47. The first-order valence-corrected chi connectivity index (χ1v) is 10.6. The Bertz CT molecular complexity index is 1360. The summed E-state index contributed by atoms with van der Waals surface area (Å²) in [7, 11) is 2.98. The van der Waals surface area contributed by atoms with Crippen LogP contribution in [0.1, 0.15) is 34.9 Å². The molecule has 3 aromatic heterocycles. The van der Waals surface area contributed by atoms with E-state index in [4.69, 9.17) is 14.5 Å². The van der Waals surface area contributed by atoms with E-state index in [0.717, 1.165) is 23.6 Å². The Balaban J connectivity index is 1.63. The minimum Gasteiger partial charge on any atom is -0.482 e. The van der Waals surface area contributed by atoms with E-state index in [-0.39, 0.29) is 0 Å². The molecule has 4 aromatic rings. The number of para-hydroxylation sites is 1. The van der Waals surface area contributed by atoms with Gasteiger partial charge in [-0.2, -0.15) is 0 Å². The van der Waals surface area contributed by atoms with Gasteiger partial charge in [-0.25, -0.2) is 9.78 Å². The summed E-state index contributed by atoms with van der Waals surface area (Å²) in [5, 5.41) is 4.84. The van der Waals surface area contributed by atoms with Crippen LogP contribution in [0.2, 0.25) is 0 Å². The number of nitrogens with one attached hydrogen (secondary N) is 1. The van der Waals surface area contributed by atoms with Crippen molar-refractivity contribution in [3.8, 4) is 17.3 Å². The summed E-state index contributed by atoms with van der Waals surface area (Å²) in [6, 6.07) is 12.5. The van der Waals surface area contributed by atoms with E-state index in [1.165, 1.54) is 36.5 Å². The van der Waals surface area contributed by atoms with Crippen molar-refractivity contribution < 1.29 is 14.3 Å². The number of nitrogens with zero attached hydrogens (tertiary/aromatic N) is 3. The Hall–Kier alpha value is -3.48. The standard InChI is InChI=1S/C24H24N4O3/c1-13-22(26-20-10-16(24(29)31-3)11-21(30-2)27(13)20)18-9-15-5-4-6-17-23(15)28(18)19(12-25-17)14-7-8-14/h4-6,9-11,14,19,25H,7-8,12H2,1-3H3. The molecule has 7 heteroatoms. The molecule has 4 heterocycles. The van der Waals surface area contributed by atoms with Crippen molar-refractivity contribution in [3.63, 3.8) is 0 Å². The number of carbonyl (C=O) groups is 1. The van der Waals surface area contributed by atoms with Gasteiger partial charge in [-0.3, -0.25) is 4.40 Å². The van der Waals surface area contributed by atoms with E-state index in [9.17, 15) is 4.79 Å². The molecule has 2 aliphatic rings. The molecule has 7 nitrogen and oxygen atoms in total. The molecule has 1 aliphatic carbocycles. The summed E-state index contributed by atoms with van der Waals surface area (Å²) in [5.41, 5.74) is 6.53. The predicted octanol–water partition coefficient (Wildman–Crippen LogP) is 4.44. The van der Waals surface area contributed by atoms with Crippen LogP contribution in [0, 0.1) is 12.8 Å². The smallest absolute Gasteiger partial charge is 0.338 e. The summed E-state index contributed by atoms with van der Waals surface area (Å²) in [6.45, 7) is 2.98. The van der Waals surface area contributed by atoms with Crippen LogP contribution in [0.4, 0.5) is 5.69 Å². The number of pyridine rings is 1. The van der Waals surface area contributed by atoms with Crippen molar-refractivity contribution in [2.75, 3.05) is 26.1 Å². The molecule has 1 unspecified atom stereocenters. The van der Waals surface area contributed by atoms with Crippen molar-refractivity contribution in [2.24, 2.45) is 5.92 Å². The van der Waals surface area contributed by atoms with Crippen molar-refractivity contribution in [2.45, 2.75) is 25.8 Å². The van der Waals surface area contributed by atoms with E-state index in [1.807, 2.05) is 4.40 Å². The van der Waals surface area contributed by atoms with E-state index >= 15 is 0 Å². The molecule has 31 heavy (non-hydrogen) atoms. The maximum atomic E-state index is 12.1. The number of hydrogen-bond donors (Lipinski definition) is 1. The third kappa shape index (κ3) is 2.59. The maximum Gasteiger partial charge on any atom is 0.338 e. The summed E-state index contributed by atoms with van der Waals surface area (Å²) in [4.78, 5) is 17.1. The number of carbonyl (C=O) groups excluding carboxylic acids is 1. The Morgan fingerprint density at radius 2 is 2.03 bits per heavy atom. The van der Waals surface area contributed by atoms with Crippen LogP contribution in [0.15, 0.2) is 36.4 Å². The topological polar surface area (TPSA) is 69.8 Å². The number of methoxy groups -OCH3 is 2. The number of esters is 1. The molecule has 0 bridgehead atoms. The number of aryl methyl sites for hydroxylation is 1. The summed E-state index contributed by atoms with van der Waals surface area (Å²) < 4.78 is 15.0. The van der Waals surface area contributed by atoms with Gasteiger partial charge < -0.3 is 19.4 Å². The lowest BCUT2D eigenvalue weighted by Gasteiger charge is -2.29. The minimum absolute atomic E-state index is 0.406. The molecule has 1 atom stereocenters. The minimum atomic E-state index is -0.406. The van der Waals surface area contributed by atoms with Gasteiger partial charge >= 0.3 is 5.97 Å². The highest BCUT2D eigenvalue weighted by molar-refractivity contribution is 5.97. The molecule has 0 radical (unpaired) electrons. The maximum absolute atomic E-state index is 12.1. The lowest BCUT2D eigenvalue weighted by atomic mass is 10.1. The number of hydrogen-bond acceptors (Lipinski definition) is 5. The van der Waals surface area contributed by atoms with Crippen LogP contribution in [-0.4, -0.2) is 40.7 Å². The molecule has 1 aromatic carbocycles. The number of rotatable bonds is 4. The second-order valence-electron chi connectivity index (χ2n) is 8.45. The lowest BCUT2D eigenvalue weighted by molar-refractivity contribution is 0.0600. The highest BCUT2D eigenvalue weighted by atomic mass is 16.5. The quantitative estimate of drug-likeness (QED) is 0.498. The summed E-state index contributed by atoms with van der Waals surface area (Å²) in [5.74, 6) is 0.856. The van der Waals surface area contributed by atoms with Gasteiger partial charge in [0.25, 0.3) is 0 Å². The Labute approximate surface area is 179 Å². The molecule has 6 rings (SSSR count). The highest BCUT2D eigenvalue weighted by Gasteiger charge is 2.37. The van der Waals surface area contributed by atoms with Gasteiger partial charge in [0.2, 0.25) is 0 Å². The summed E-state index contributed by atoms with van der Waals surface area (Å²) >= 11 is 0. The van der Waals surface area contributed by atoms with Crippen LogP contribution in [0.3, 0.4) is 0 Å². The molecule has 0 amide bonds. The van der Waals surface area contributed by atoms with E-state index in [2.05, 4.69) is 41.1 Å². The monoisotopic (exact) mass is 416 g/mol. The van der Waals surface area contributed by atoms with Gasteiger partial charge in [0.1, 0.15) is 11.3 Å². The zero-order valence-corrected chi connectivity index (χ0v) is 17.8. The zero-order chi connectivity index (χ0) is 21.3. The number of benzene rings is 1. The van der Waals surface area contributed by atoms with Crippen LogP contribution < -0.4 is 10.1 Å². The van der Waals surface area contributed by atoms with Gasteiger partial charge in [0, 0.05) is 18.0 Å². The normalized spacial score (nSPS) is 17.7. The van der Waals surface area contributed by atoms with Crippen molar-refractivity contribution in [3.05, 3.63) is 47.7 Å². The molecule has 0 spiro atoms. The van der Waals surface area contributed by atoms with E-state index < -0.39 is 5.97 Å². The fraction of sp³-hybridized carbons (Fsp3) is 0.333. The Morgan fingerprint density at radius 1 is 1.19 bits per heavy atom. The van der Waals surface area contributed by atoms with Gasteiger partial charge in [-0.05, 0) is 43.9 Å². The van der Waals surface area contributed by atoms with Gasteiger partial charge in [0.15, 0.2) is 5.88 Å². The number of fused-ring (bicyclic) bond motifs is 1. The number of anilines is 1. The average Bonchev–Trinajstić information content (AvgIpc) is 3.49. The molecule has 1 aliphatic heterocycles. The number of aromatic nitrogens is 3. The molecule has 158 valence electrons. The van der Waals surface area contributed by atoms with Crippen molar-refractivity contribution >= 4 is 28.2 Å². The largest absolute Gasteiger partial charge is 0.482 e. The van der Waals surface area contributed by atoms with Gasteiger partial charge in [-0.1, -0.05) is 12.1 Å². The number of ether oxygens (including phenoxy) is 2. The molecule has 1 N–H and O–H groups in total. The fourth-order valence-corrected chi connectivity index (χ4v) is 5.02.